The monoisotopic (exact) mass is 341 g/mol. The average Bonchev–Trinajstić information content (AvgIpc) is 2.60. The van der Waals surface area contributed by atoms with Gasteiger partial charge in [-0.15, -0.1) is 0 Å². The third-order valence-electron chi connectivity index (χ3n) is 3.59. The number of sulfonamides is 1. The zero-order chi connectivity index (χ0) is 16.9. The molecule has 1 aromatic carbocycles. The van der Waals surface area contributed by atoms with Crippen molar-refractivity contribution in [1.29, 1.82) is 0 Å². The first-order chi connectivity index (χ1) is 10.9. The molecule has 0 N–H and O–H groups in total. The van der Waals surface area contributed by atoms with Crippen molar-refractivity contribution in [3.63, 3.8) is 0 Å². The lowest BCUT2D eigenvalue weighted by molar-refractivity contribution is -0.144. The lowest BCUT2D eigenvalue weighted by atomic mass is 10.2. The number of carbonyl (C=O) groups is 2. The summed E-state index contributed by atoms with van der Waals surface area (Å²) in [5.74, 6) is -1.38. The maximum absolute atomic E-state index is 12.5. The van der Waals surface area contributed by atoms with E-state index in [9.17, 15) is 18.0 Å². The Balaban J connectivity index is 2.06. The molecule has 1 saturated heterocycles. The van der Waals surface area contributed by atoms with Crippen molar-refractivity contribution >= 4 is 22.0 Å². The number of methoxy groups -OCH3 is 1. The molecule has 8 heteroatoms. The minimum Gasteiger partial charge on any atom is -0.466 e. The number of benzene rings is 1. The molecule has 0 aliphatic carbocycles. The molecule has 0 atom stereocenters. The largest absolute Gasteiger partial charge is 0.466 e. The molecule has 1 heterocycles. The SMILES string of the molecule is COC(=O)COC(=O)c1ccc(S(=O)(=O)N2CCCCC2)cc1. The van der Waals surface area contributed by atoms with Crippen molar-refractivity contribution < 1.29 is 27.5 Å². The van der Waals surface area contributed by atoms with E-state index in [1.165, 1.54) is 35.7 Å². The molecule has 0 spiro atoms. The second-order valence-corrected chi connectivity index (χ2v) is 7.08. The highest BCUT2D eigenvalue weighted by Crippen LogP contribution is 2.21. The van der Waals surface area contributed by atoms with Gasteiger partial charge in [-0.05, 0) is 37.1 Å². The summed E-state index contributed by atoms with van der Waals surface area (Å²) in [4.78, 5) is 22.8. The van der Waals surface area contributed by atoms with Crippen molar-refractivity contribution in [3.8, 4) is 0 Å². The van der Waals surface area contributed by atoms with Crippen molar-refractivity contribution in [2.24, 2.45) is 0 Å². The standard InChI is InChI=1S/C15H19NO6S/c1-21-14(17)11-22-15(18)12-5-7-13(8-6-12)23(19,20)16-9-3-2-4-10-16/h5-8H,2-4,9-11H2,1H3. The summed E-state index contributed by atoms with van der Waals surface area (Å²) in [5.41, 5.74) is 0.173. The maximum Gasteiger partial charge on any atom is 0.344 e. The minimum absolute atomic E-state index is 0.143. The third kappa shape index (κ3) is 4.29. The summed E-state index contributed by atoms with van der Waals surface area (Å²) in [6.07, 6.45) is 2.76. The highest BCUT2D eigenvalue weighted by Gasteiger charge is 2.26. The van der Waals surface area contributed by atoms with Gasteiger partial charge in [0.2, 0.25) is 10.0 Å². The molecular weight excluding hydrogens is 322 g/mol. The van der Waals surface area contributed by atoms with Gasteiger partial charge in [0.1, 0.15) is 0 Å². The Morgan fingerprint density at radius 3 is 2.26 bits per heavy atom. The van der Waals surface area contributed by atoms with Gasteiger partial charge in [0.15, 0.2) is 6.61 Å². The molecule has 0 radical (unpaired) electrons. The smallest absolute Gasteiger partial charge is 0.344 e. The fourth-order valence-electron chi connectivity index (χ4n) is 2.28. The van der Waals surface area contributed by atoms with Crippen LogP contribution in [0.5, 0.6) is 0 Å². The average molecular weight is 341 g/mol. The number of hydrogen-bond donors (Lipinski definition) is 0. The van der Waals surface area contributed by atoms with E-state index in [0.717, 1.165) is 19.3 Å². The van der Waals surface area contributed by atoms with Gasteiger partial charge in [-0.1, -0.05) is 6.42 Å². The summed E-state index contributed by atoms with van der Waals surface area (Å²) in [7, 11) is -2.34. The number of piperidine rings is 1. The Labute approximate surface area is 135 Å². The van der Waals surface area contributed by atoms with Gasteiger partial charge in [-0.25, -0.2) is 18.0 Å². The molecule has 0 bridgehead atoms. The van der Waals surface area contributed by atoms with Crippen LogP contribution >= 0.6 is 0 Å². The first-order valence-electron chi connectivity index (χ1n) is 7.29. The van der Waals surface area contributed by atoms with Gasteiger partial charge in [0.25, 0.3) is 0 Å². The molecule has 0 saturated carbocycles. The van der Waals surface area contributed by atoms with E-state index in [2.05, 4.69) is 4.74 Å². The first-order valence-corrected chi connectivity index (χ1v) is 8.73. The summed E-state index contributed by atoms with van der Waals surface area (Å²) in [5, 5.41) is 0. The molecule has 7 nitrogen and oxygen atoms in total. The third-order valence-corrected chi connectivity index (χ3v) is 5.50. The Morgan fingerprint density at radius 1 is 1.09 bits per heavy atom. The number of ether oxygens (including phenoxy) is 2. The number of esters is 2. The Bertz CT molecular complexity index is 662. The second-order valence-electron chi connectivity index (χ2n) is 5.14. The van der Waals surface area contributed by atoms with E-state index >= 15 is 0 Å². The molecule has 1 aliphatic heterocycles. The van der Waals surface area contributed by atoms with E-state index in [-0.39, 0.29) is 10.5 Å². The fraction of sp³-hybridized carbons (Fsp3) is 0.467. The quantitative estimate of drug-likeness (QED) is 0.747. The summed E-state index contributed by atoms with van der Waals surface area (Å²) >= 11 is 0. The topological polar surface area (TPSA) is 90.0 Å². The van der Waals surface area contributed by atoms with Crippen molar-refractivity contribution in [3.05, 3.63) is 29.8 Å². The van der Waals surface area contributed by atoms with Crippen LogP contribution in [0.25, 0.3) is 0 Å². The highest BCUT2D eigenvalue weighted by atomic mass is 32.2. The molecule has 1 aromatic rings. The van der Waals surface area contributed by atoms with Crippen molar-refractivity contribution in [2.45, 2.75) is 24.2 Å². The van der Waals surface area contributed by atoms with Crippen LogP contribution in [-0.2, 0) is 24.3 Å². The number of rotatable bonds is 5. The van der Waals surface area contributed by atoms with E-state index in [4.69, 9.17) is 4.74 Å². The molecular formula is C15H19NO6S. The van der Waals surface area contributed by atoms with Crippen LogP contribution in [0, 0.1) is 0 Å². The van der Waals surface area contributed by atoms with Gasteiger partial charge in [0.05, 0.1) is 17.6 Å². The van der Waals surface area contributed by atoms with Crippen LogP contribution in [0.3, 0.4) is 0 Å². The van der Waals surface area contributed by atoms with Gasteiger partial charge in [-0.2, -0.15) is 4.31 Å². The number of carbonyl (C=O) groups excluding carboxylic acids is 2. The summed E-state index contributed by atoms with van der Waals surface area (Å²) in [6, 6.07) is 5.49. The molecule has 2 rings (SSSR count). The summed E-state index contributed by atoms with van der Waals surface area (Å²) in [6.45, 7) is 0.555. The second kappa shape index (κ2) is 7.56. The van der Waals surface area contributed by atoms with Gasteiger partial charge >= 0.3 is 11.9 Å². The van der Waals surface area contributed by atoms with Gasteiger partial charge in [0, 0.05) is 13.1 Å². The zero-order valence-electron chi connectivity index (χ0n) is 12.9. The Kier molecular flexibility index (Phi) is 5.73. The predicted octanol–water partition coefficient (Wildman–Crippen LogP) is 1.19. The van der Waals surface area contributed by atoms with Crippen molar-refractivity contribution in [2.75, 3.05) is 26.8 Å². The molecule has 1 fully saturated rings. The van der Waals surface area contributed by atoms with Crippen LogP contribution in [0.15, 0.2) is 29.2 Å². The van der Waals surface area contributed by atoms with Crippen LogP contribution in [0.1, 0.15) is 29.6 Å². The van der Waals surface area contributed by atoms with E-state index < -0.39 is 28.6 Å². The molecule has 0 amide bonds. The predicted molar refractivity (Wildman–Crippen MR) is 81.4 cm³/mol. The van der Waals surface area contributed by atoms with E-state index in [1.54, 1.807) is 0 Å². The van der Waals surface area contributed by atoms with Gasteiger partial charge < -0.3 is 9.47 Å². The van der Waals surface area contributed by atoms with Crippen LogP contribution in [-0.4, -0.2) is 51.5 Å². The van der Waals surface area contributed by atoms with Crippen molar-refractivity contribution in [1.82, 2.24) is 4.31 Å². The van der Waals surface area contributed by atoms with E-state index in [1.807, 2.05) is 0 Å². The van der Waals surface area contributed by atoms with Crippen LogP contribution in [0.2, 0.25) is 0 Å². The lowest BCUT2D eigenvalue weighted by Crippen LogP contribution is -2.35. The maximum atomic E-state index is 12.5. The van der Waals surface area contributed by atoms with Crippen LogP contribution in [0.4, 0.5) is 0 Å². The molecule has 0 unspecified atom stereocenters. The fourth-order valence-corrected chi connectivity index (χ4v) is 3.80. The minimum atomic E-state index is -3.53. The van der Waals surface area contributed by atoms with Gasteiger partial charge in [-0.3, -0.25) is 0 Å². The molecule has 0 aromatic heterocycles. The van der Waals surface area contributed by atoms with Crippen LogP contribution < -0.4 is 0 Å². The Morgan fingerprint density at radius 2 is 1.70 bits per heavy atom. The number of nitrogens with zero attached hydrogens (tertiary/aromatic N) is 1. The molecule has 1 aliphatic rings. The number of hydrogen-bond acceptors (Lipinski definition) is 6. The molecule has 23 heavy (non-hydrogen) atoms. The Hall–Kier alpha value is -1.93. The normalized spacial score (nSPS) is 15.9. The summed E-state index contributed by atoms with van der Waals surface area (Å²) < 4.78 is 35.5. The van der Waals surface area contributed by atoms with E-state index in [0.29, 0.717) is 13.1 Å². The lowest BCUT2D eigenvalue weighted by Gasteiger charge is -2.25. The molecule has 126 valence electrons. The first kappa shape index (κ1) is 17.4. The zero-order valence-corrected chi connectivity index (χ0v) is 13.7. The highest BCUT2D eigenvalue weighted by molar-refractivity contribution is 7.89.